The first-order chi connectivity index (χ1) is 28.3. The Morgan fingerprint density at radius 3 is 2.27 bits per heavy atom. The van der Waals surface area contributed by atoms with E-state index in [1.165, 1.54) is 38.5 Å². The highest BCUT2D eigenvalue weighted by molar-refractivity contribution is 7.21. The van der Waals surface area contributed by atoms with Crippen LogP contribution >= 0.6 is 11.3 Å². The number of nitrogens with zero attached hydrogens (tertiary/aromatic N) is 1. The van der Waals surface area contributed by atoms with Crippen molar-refractivity contribution in [2.45, 2.75) is 122 Å². The van der Waals surface area contributed by atoms with Gasteiger partial charge in [0.05, 0.1) is 35.9 Å². The third kappa shape index (κ3) is 5.98. The van der Waals surface area contributed by atoms with Crippen LogP contribution in [-0.2, 0) is 11.3 Å². The van der Waals surface area contributed by atoms with Crippen molar-refractivity contribution in [3.05, 3.63) is 94.9 Å². The molecule has 3 aromatic rings. The molecule has 3 N–H and O–H groups in total. The van der Waals surface area contributed by atoms with Gasteiger partial charge < -0.3 is 20.1 Å². The van der Waals surface area contributed by atoms with Crippen molar-refractivity contribution in [3.8, 4) is 0 Å². The van der Waals surface area contributed by atoms with Crippen LogP contribution in [0.25, 0.3) is 10.1 Å². The van der Waals surface area contributed by atoms with E-state index in [0.29, 0.717) is 32.5 Å². The van der Waals surface area contributed by atoms with E-state index in [1.54, 1.807) is 11.3 Å². The molecule has 0 radical (unpaired) electrons. The first-order valence-corrected chi connectivity index (χ1v) is 24.1. The summed E-state index contributed by atoms with van der Waals surface area (Å²) in [6, 6.07) is 20.6. The Hall–Kier alpha value is -2.65. The summed E-state index contributed by atoms with van der Waals surface area (Å²) >= 11 is 1.60. The number of allylic oxidation sites excluding steroid dienone is 4. The van der Waals surface area contributed by atoms with Gasteiger partial charge in [0.25, 0.3) is 0 Å². The molecule has 7 saturated carbocycles. The second kappa shape index (κ2) is 13.9. The third-order valence-electron chi connectivity index (χ3n) is 18.7. The smallest absolute Gasteiger partial charge is 0.199 e. The van der Waals surface area contributed by atoms with E-state index >= 15 is 4.79 Å². The number of ketones is 1. The number of hydrogen-bond acceptors (Lipinski definition) is 7. The van der Waals surface area contributed by atoms with Crippen molar-refractivity contribution in [2.24, 2.45) is 56.7 Å². The summed E-state index contributed by atoms with van der Waals surface area (Å²) in [5, 5.41) is 37.5. The molecule has 13 rings (SSSR count). The van der Waals surface area contributed by atoms with Crippen molar-refractivity contribution in [3.63, 3.8) is 0 Å². The normalized spacial score (nSPS) is 43.1. The maximum Gasteiger partial charge on any atom is 0.199 e. The number of thiophene rings is 1. The Labute approximate surface area is 355 Å². The molecule has 7 fully saturated rings. The number of aliphatic hydroxyl groups is 3. The van der Waals surface area contributed by atoms with Gasteiger partial charge in [-0.2, -0.15) is 0 Å². The van der Waals surface area contributed by atoms with Gasteiger partial charge in [-0.3, -0.25) is 9.69 Å². The molecular weight excluding hydrogens is 751 g/mol. The topological polar surface area (TPSA) is 90.2 Å². The number of carbonyl (C=O) groups is 1. The zero-order valence-electron chi connectivity index (χ0n) is 35.3. The largest absolute Gasteiger partial charge is 0.393 e. The van der Waals surface area contributed by atoms with Crippen molar-refractivity contribution in [1.29, 1.82) is 0 Å². The number of carbonyl (C=O) groups excluding carboxylic acids is 1. The molecule has 1 aromatic heterocycles. The summed E-state index contributed by atoms with van der Waals surface area (Å²) in [7, 11) is 0. The van der Waals surface area contributed by atoms with Crippen LogP contribution in [0.3, 0.4) is 0 Å². The fraction of sp³-hybridized carbons (Fsp3) is 0.635. The first kappa shape index (κ1) is 39.2. The summed E-state index contributed by atoms with van der Waals surface area (Å²) in [5.41, 5.74) is -0.0112. The summed E-state index contributed by atoms with van der Waals surface area (Å²) in [6.07, 6.45) is 20.1. The van der Waals surface area contributed by atoms with E-state index in [1.807, 2.05) is 24.3 Å². The van der Waals surface area contributed by atoms with E-state index < -0.39 is 22.5 Å². The van der Waals surface area contributed by atoms with Gasteiger partial charge in [-0.25, -0.2) is 0 Å². The molecule has 0 aliphatic heterocycles. The van der Waals surface area contributed by atoms with Crippen LogP contribution < -0.4 is 0 Å². The molecule has 9 atom stereocenters. The van der Waals surface area contributed by atoms with Gasteiger partial charge in [-0.1, -0.05) is 80.6 Å². The molecule has 10 aliphatic carbocycles. The summed E-state index contributed by atoms with van der Waals surface area (Å²) < 4.78 is 7.25. The number of ether oxygens (including phenoxy) is 1. The van der Waals surface area contributed by atoms with Gasteiger partial charge in [-0.05, 0) is 147 Å². The summed E-state index contributed by atoms with van der Waals surface area (Å²) in [5.74, 6) is 2.99. The van der Waals surface area contributed by atoms with Gasteiger partial charge in [0.1, 0.15) is 0 Å². The standard InChI is InChI=1S/C52H65NO5S/c1-47-15-12-39(54)27-50(47)18-19-52(41(28-50)46(56)43-23-38-10-6-7-11-42(38)59-43)44(47)13-16-48(2)45(52)14-17-51(48,57)33-53(29-40(55)31-58-30-34-8-4-3-5-9-34)32-49-24-35-20-36(25-49)22-37(21-35)26-49/h3-11,18-19,23,28,35-37,39-40,44-45,54-55,57H,12-17,20-22,24-27,29-33H2,1-2H3. The molecule has 2 aromatic carbocycles. The van der Waals surface area contributed by atoms with E-state index in [4.69, 9.17) is 4.74 Å². The number of hydrogen-bond donors (Lipinski definition) is 3. The minimum atomic E-state index is -0.973. The maximum atomic E-state index is 15.3. The molecule has 9 unspecified atom stereocenters. The minimum absolute atomic E-state index is 0.0681. The highest BCUT2D eigenvalue weighted by Crippen LogP contribution is 2.78. The average Bonchev–Trinajstić information content (AvgIpc) is 3.75. The molecule has 10 aliphatic rings. The average molecular weight is 816 g/mol. The SMILES string of the molecule is CC12CCC(O)CC13C=CC1(C(C(=O)c4cc5ccccc5s4)=C3)C2CCC2(C)C1CCC2(O)CN(CC(O)COCc1ccccc1)CC12CC3CC(CC(C3)C1)C2. The predicted molar refractivity (Wildman–Crippen MR) is 234 cm³/mol. The Morgan fingerprint density at radius 2 is 1.53 bits per heavy atom. The third-order valence-corrected chi connectivity index (χ3v) is 19.8. The molecule has 2 spiro atoms. The highest BCUT2D eigenvalue weighted by Gasteiger charge is 2.74. The van der Waals surface area contributed by atoms with Gasteiger partial charge in [0.2, 0.25) is 0 Å². The minimum Gasteiger partial charge on any atom is -0.393 e. The van der Waals surface area contributed by atoms with Gasteiger partial charge in [0.15, 0.2) is 5.78 Å². The van der Waals surface area contributed by atoms with Crippen molar-refractivity contribution in [2.75, 3.05) is 26.2 Å². The number of fused-ring (bicyclic) bond motifs is 2. The van der Waals surface area contributed by atoms with E-state index in [2.05, 4.69) is 73.4 Å². The Bertz CT molecular complexity index is 2110. The second-order valence-electron chi connectivity index (χ2n) is 22.0. The Balaban J connectivity index is 0.929. The van der Waals surface area contributed by atoms with Crippen molar-refractivity contribution < 1.29 is 24.9 Å². The number of benzene rings is 2. The van der Waals surface area contributed by atoms with Crippen LogP contribution in [0.2, 0.25) is 0 Å². The summed E-state index contributed by atoms with van der Waals surface area (Å²) in [6.45, 7) is 7.55. The molecular formula is C52H65NO5S. The van der Waals surface area contributed by atoms with Crippen molar-refractivity contribution >= 4 is 27.2 Å². The van der Waals surface area contributed by atoms with Crippen LogP contribution in [-0.4, -0.2) is 70.1 Å². The van der Waals surface area contributed by atoms with E-state index in [9.17, 15) is 15.3 Å². The Kier molecular flexibility index (Phi) is 9.26. The molecule has 7 heteroatoms. The number of aliphatic hydroxyl groups excluding tert-OH is 2. The molecule has 0 amide bonds. The second-order valence-corrected chi connectivity index (χ2v) is 23.1. The highest BCUT2D eigenvalue weighted by atomic mass is 32.1. The fourth-order valence-corrected chi connectivity index (χ4v) is 17.6. The number of rotatable bonds is 12. The zero-order valence-corrected chi connectivity index (χ0v) is 36.1. The van der Waals surface area contributed by atoms with Crippen LogP contribution in [0.15, 0.2) is 84.5 Å². The molecule has 6 bridgehead atoms. The van der Waals surface area contributed by atoms with Crippen LogP contribution in [0.4, 0.5) is 0 Å². The monoisotopic (exact) mass is 815 g/mol. The lowest BCUT2D eigenvalue weighted by Gasteiger charge is -2.71. The molecule has 6 nitrogen and oxygen atoms in total. The quantitative estimate of drug-likeness (QED) is 0.125. The van der Waals surface area contributed by atoms with Gasteiger partial charge in [0, 0.05) is 46.2 Å². The van der Waals surface area contributed by atoms with Crippen LogP contribution in [0.1, 0.15) is 113 Å². The van der Waals surface area contributed by atoms with E-state index in [-0.39, 0.29) is 46.6 Å². The van der Waals surface area contributed by atoms with Crippen molar-refractivity contribution in [1.82, 2.24) is 4.90 Å². The summed E-state index contributed by atoms with van der Waals surface area (Å²) in [4.78, 5) is 18.6. The van der Waals surface area contributed by atoms with Gasteiger partial charge in [-0.15, -0.1) is 11.3 Å². The lowest BCUT2D eigenvalue weighted by Crippen LogP contribution is -2.67. The molecule has 314 valence electrons. The molecule has 0 saturated heterocycles. The maximum absolute atomic E-state index is 15.3. The predicted octanol–water partition coefficient (Wildman–Crippen LogP) is 9.77. The van der Waals surface area contributed by atoms with Crippen LogP contribution in [0.5, 0.6) is 0 Å². The lowest BCUT2D eigenvalue weighted by atomic mass is 9.32. The number of Topliss-reactive ketones (excluding diaryl/α,β-unsaturated/α-hetero) is 1. The molecule has 1 heterocycles. The fourth-order valence-electron chi connectivity index (χ4n) is 16.6. The zero-order chi connectivity index (χ0) is 40.4. The Morgan fingerprint density at radius 1 is 0.847 bits per heavy atom. The van der Waals surface area contributed by atoms with Gasteiger partial charge >= 0.3 is 0 Å². The first-order valence-electron chi connectivity index (χ1n) is 23.2. The molecule has 59 heavy (non-hydrogen) atoms. The van der Waals surface area contributed by atoms with E-state index in [0.717, 1.165) is 82.5 Å². The lowest BCUT2D eigenvalue weighted by molar-refractivity contribution is -0.179. The van der Waals surface area contributed by atoms with Crippen LogP contribution in [0, 0.1) is 56.7 Å².